The molecular formula is C15H10N2O2. The summed E-state index contributed by atoms with van der Waals surface area (Å²) in [6.45, 7) is 0. The fourth-order valence-corrected chi connectivity index (χ4v) is 1.88. The van der Waals surface area contributed by atoms with E-state index in [2.05, 4.69) is 0 Å². The van der Waals surface area contributed by atoms with Crippen LogP contribution in [0.15, 0.2) is 54.6 Å². The molecule has 0 aliphatic carbocycles. The maximum absolute atomic E-state index is 11.1. The van der Waals surface area contributed by atoms with E-state index in [9.17, 15) is 10.1 Å². The number of nitriles is 1. The molecular weight excluding hydrogens is 240 g/mol. The summed E-state index contributed by atoms with van der Waals surface area (Å²) in [5.74, 6) is 0. The molecule has 0 aliphatic rings. The highest BCUT2D eigenvalue weighted by Gasteiger charge is 2.15. The topological polar surface area (TPSA) is 66.9 Å². The molecule has 0 amide bonds. The van der Waals surface area contributed by atoms with E-state index in [4.69, 9.17) is 5.26 Å². The van der Waals surface area contributed by atoms with Crippen molar-refractivity contribution in [2.24, 2.45) is 0 Å². The van der Waals surface area contributed by atoms with Crippen LogP contribution in [-0.2, 0) is 0 Å². The molecule has 0 atom stereocenters. The van der Waals surface area contributed by atoms with Crippen LogP contribution >= 0.6 is 0 Å². The lowest BCUT2D eigenvalue weighted by Crippen LogP contribution is -1.92. The van der Waals surface area contributed by atoms with E-state index in [-0.39, 0.29) is 5.69 Å². The van der Waals surface area contributed by atoms with Crippen molar-refractivity contribution in [3.05, 3.63) is 70.3 Å². The van der Waals surface area contributed by atoms with Crippen molar-refractivity contribution in [1.82, 2.24) is 0 Å². The Morgan fingerprint density at radius 3 is 2.37 bits per heavy atom. The van der Waals surface area contributed by atoms with Crippen LogP contribution < -0.4 is 0 Å². The lowest BCUT2D eigenvalue weighted by atomic mass is 9.98. The van der Waals surface area contributed by atoms with Gasteiger partial charge in [0.1, 0.15) is 0 Å². The van der Waals surface area contributed by atoms with Gasteiger partial charge in [-0.2, -0.15) is 5.26 Å². The number of benzene rings is 2. The van der Waals surface area contributed by atoms with E-state index < -0.39 is 4.92 Å². The quantitative estimate of drug-likeness (QED) is 0.472. The molecule has 0 radical (unpaired) electrons. The molecule has 0 bridgehead atoms. The summed E-state index contributed by atoms with van der Waals surface area (Å²) in [5.41, 5.74) is 2.12. The predicted molar refractivity (Wildman–Crippen MR) is 73.2 cm³/mol. The Morgan fingerprint density at radius 2 is 1.68 bits per heavy atom. The van der Waals surface area contributed by atoms with Crippen LogP contribution in [0.25, 0.3) is 17.2 Å². The molecule has 92 valence electrons. The molecule has 2 aromatic carbocycles. The summed E-state index contributed by atoms with van der Waals surface area (Å²) in [5, 5.41) is 19.6. The van der Waals surface area contributed by atoms with Gasteiger partial charge in [0.2, 0.25) is 0 Å². The minimum Gasteiger partial charge on any atom is -0.258 e. The molecule has 4 heteroatoms. The second-order valence-electron chi connectivity index (χ2n) is 3.82. The van der Waals surface area contributed by atoms with E-state index in [1.165, 1.54) is 12.1 Å². The van der Waals surface area contributed by atoms with Crippen molar-refractivity contribution in [3.8, 4) is 17.2 Å². The first kappa shape index (κ1) is 12.5. The van der Waals surface area contributed by atoms with Crippen LogP contribution in [0.4, 0.5) is 5.69 Å². The zero-order chi connectivity index (χ0) is 13.7. The third-order valence-electron chi connectivity index (χ3n) is 2.69. The molecule has 19 heavy (non-hydrogen) atoms. The van der Waals surface area contributed by atoms with E-state index in [1.807, 2.05) is 24.3 Å². The lowest BCUT2D eigenvalue weighted by Gasteiger charge is -2.06. The van der Waals surface area contributed by atoms with Crippen LogP contribution in [0.3, 0.4) is 0 Å². The predicted octanol–water partition coefficient (Wildman–Crippen LogP) is 3.80. The van der Waals surface area contributed by atoms with Gasteiger partial charge in [-0.3, -0.25) is 10.1 Å². The second kappa shape index (κ2) is 5.61. The first-order valence-corrected chi connectivity index (χ1v) is 5.63. The van der Waals surface area contributed by atoms with Crippen LogP contribution in [-0.4, -0.2) is 4.92 Å². The van der Waals surface area contributed by atoms with Crippen molar-refractivity contribution in [3.63, 3.8) is 0 Å². The van der Waals surface area contributed by atoms with Gasteiger partial charge in [-0.15, -0.1) is 0 Å². The van der Waals surface area contributed by atoms with Crippen molar-refractivity contribution < 1.29 is 4.92 Å². The average Bonchev–Trinajstić information content (AvgIpc) is 2.45. The number of nitro groups is 1. The minimum absolute atomic E-state index is 0.0558. The van der Waals surface area contributed by atoms with Crippen LogP contribution in [0.1, 0.15) is 5.56 Å². The number of para-hydroxylation sites is 1. The summed E-state index contributed by atoms with van der Waals surface area (Å²) in [7, 11) is 0. The molecule has 4 nitrogen and oxygen atoms in total. The molecule has 0 aromatic heterocycles. The Morgan fingerprint density at radius 1 is 1.05 bits per heavy atom. The molecule has 0 unspecified atom stereocenters. The van der Waals surface area contributed by atoms with Gasteiger partial charge >= 0.3 is 0 Å². The highest BCUT2D eigenvalue weighted by Crippen LogP contribution is 2.32. The van der Waals surface area contributed by atoms with Crippen molar-refractivity contribution in [2.45, 2.75) is 0 Å². The van der Waals surface area contributed by atoms with E-state index in [1.54, 1.807) is 30.3 Å². The number of nitrogens with zero attached hydrogens (tertiary/aromatic N) is 2. The largest absolute Gasteiger partial charge is 0.277 e. The summed E-state index contributed by atoms with van der Waals surface area (Å²) in [4.78, 5) is 10.7. The Kier molecular flexibility index (Phi) is 3.70. The smallest absolute Gasteiger partial charge is 0.258 e. The normalized spacial score (nSPS) is 10.3. The van der Waals surface area contributed by atoms with E-state index in [0.717, 1.165) is 11.1 Å². The molecule has 0 aliphatic heterocycles. The maximum atomic E-state index is 11.1. The summed E-state index contributed by atoms with van der Waals surface area (Å²) >= 11 is 0. The molecule has 0 fully saturated rings. The van der Waals surface area contributed by atoms with Crippen LogP contribution in [0.2, 0.25) is 0 Å². The second-order valence-corrected chi connectivity index (χ2v) is 3.82. The van der Waals surface area contributed by atoms with Gasteiger partial charge in [0, 0.05) is 12.1 Å². The monoisotopic (exact) mass is 250 g/mol. The Bertz CT molecular complexity index is 685. The zero-order valence-electron chi connectivity index (χ0n) is 9.98. The van der Waals surface area contributed by atoms with Gasteiger partial charge in [0.25, 0.3) is 5.69 Å². The minimum atomic E-state index is -0.403. The third kappa shape index (κ3) is 2.67. The van der Waals surface area contributed by atoms with Crippen molar-refractivity contribution in [2.75, 3.05) is 0 Å². The Balaban J connectivity index is 2.63. The third-order valence-corrected chi connectivity index (χ3v) is 2.69. The van der Waals surface area contributed by atoms with Gasteiger partial charge in [0.15, 0.2) is 0 Å². The molecule has 0 spiro atoms. The summed E-state index contributed by atoms with van der Waals surface area (Å²) in [6.07, 6.45) is 3.00. The maximum Gasteiger partial charge on any atom is 0.277 e. The standard InChI is InChI=1S/C15H10N2O2/c16-11-5-7-12-6-1-2-8-13(12)14-9-3-4-10-15(14)17(18)19/h1-10H/b7-5+. The Hall–Kier alpha value is -2.93. The van der Waals surface area contributed by atoms with E-state index >= 15 is 0 Å². The van der Waals surface area contributed by atoms with Gasteiger partial charge in [0.05, 0.1) is 16.6 Å². The highest BCUT2D eigenvalue weighted by molar-refractivity contribution is 5.81. The van der Waals surface area contributed by atoms with Crippen LogP contribution in [0, 0.1) is 21.4 Å². The number of hydrogen-bond acceptors (Lipinski definition) is 3. The van der Waals surface area contributed by atoms with Crippen molar-refractivity contribution >= 4 is 11.8 Å². The summed E-state index contributed by atoms with van der Waals surface area (Å²) in [6, 6.07) is 15.8. The SMILES string of the molecule is N#C/C=C/c1ccccc1-c1ccccc1[N+](=O)[O-]. The number of nitro benzene ring substituents is 1. The van der Waals surface area contributed by atoms with Crippen molar-refractivity contribution in [1.29, 1.82) is 5.26 Å². The number of hydrogen-bond donors (Lipinski definition) is 0. The fraction of sp³-hybridized carbons (Fsp3) is 0. The molecule has 0 heterocycles. The van der Waals surface area contributed by atoms with Gasteiger partial charge in [-0.05, 0) is 23.3 Å². The van der Waals surface area contributed by atoms with Crippen LogP contribution in [0.5, 0.6) is 0 Å². The molecule has 2 rings (SSSR count). The zero-order valence-corrected chi connectivity index (χ0v) is 9.98. The molecule has 0 saturated carbocycles. The molecule has 0 N–H and O–H groups in total. The Labute approximate surface area is 110 Å². The first-order valence-electron chi connectivity index (χ1n) is 5.63. The highest BCUT2D eigenvalue weighted by atomic mass is 16.6. The van der Waals surface area contributed by atoms with E-state index in [0.29, 0.717) is 5.56 Å². The van der Waals surface area contributed by atoms with Gasteiger partial charge < -0.3 is 0 Å². The molecule has 2 aromatic rings. The summed E-state index contributed by atoms with van der Waals surface area (Å²) < 4.78 is 0. The number of allylic oxidation sites excluding steroid dienone is 1. The van der Waals surface area contributed by atoms with Gasteiger partial charge in [-0.1, -0.05) is 36.4 Å². The lowest BCUT2D eigenvalue weighted by molar-refractivity contribution is -0.384. The molecule has 0 saturated heterocycles. The van der Waals surface area contributed by atoms with Gasteiger partial charge in [-0.25, -0.2) is 0 Å². The fourth-order valence-electron chi connectivity index (χ4n) is 1.88. The number of rotatable bonds is 3. The average molecular weight is 250 g/mol. The first-order chi connectivity index (χ1) is 9.24.